The smallest absolute Gasteiger partial charge is 0.246 e. The number of likely N-dealkylation sites (tertiary alicyclic amines) is 2. The van der Waals surface area contributed by atoms with Crippen molar-refractivity contribution in [1.82, 2.24) is 15.1 Å². The molecule has 3 aliphatic rings. The summed E-state index contributed by atoms with van der Waals surface area (Å²) in [5.74, 6) is 0.144. The second-order valence-electron chi connectivity index (χ2n) is 6.76. The van der Waals surface area contributed by atoms with Gasteiger partial charge < -0.3 is 19.9 Å². The second kappa shape index (κ2) is 6.86. The maximum Gasteiger partial charge on any atom is 0.246 e. The summed E-state index contributed by atoms with van der Waals surface area (Å²) in [7, 11) is 0. The van der Waals surface area contributed by atoms with Gasteiger partial charge in [-0.05, 0) is 19.3 Å². The van der Waals surface area contributed by atoms with Crippen LogP contribution in [-0.4, -0.2) is 72.5 Å². The Morgan fingerprint density at radius 3 is 2.87 bits per heavy atom. The predicted octanol–water partition coefficient (Wildman–Crippen LogP) is -0.103. The molecule has 0 aliphatic carbocycles. The Labute approximate surface area is 136 Å². The van der Waals surface area contributed by atoms with Crippen LogP contribution in [0.25, 0.3) is 0 Å². The molecule has 1 atom stereocenters. The van der Waals surface area contributed by atoms with Gasteiger partial charge in [-0.3, -0.25) is 14.4 Å². The zero-order valence-electron chi connectivity index (χ0n) is 13.5. The lowest BCUT2D eigenvalue weighted by Crippen LogP contribution is -2.54. The SMILES string of the molecule is O=C1COC2(CCN(C(=O)CCN3CCCCCC3=O)C2)CN1. The molecule has 1 unspecified atom stereocenters. The summed E-state index contributed by atoms with van der Waals surface area (Å²) < 4.78 is 5.68. The molecule has 0 aromatic carbocycles. The Hall–Kier alpha value is -1.63. The van der Waals surface area contributed by atoms with E-state index < -0.39 is 5.60 Å². The fraction of sp³-hybridized carbons (Fsp3) is 0.812. The first-order valence-electron chi connectivity index (χ1n) is 8.54. The molecule has 1 N–H and O–H groups in total. The third-order valence-corrected chi connectivity index (χ3v) is 5.05. The normalized spacial score (nSPS) is 28.9. The molecule has 3 fully saturated rings. The van der Waals surface area contributed by atoms with Crippen LogP contribution >= 0.6 is 0 Å². The maximum atomic E-state index is 12.4. The fourth-order valence-electron chi connectivity index (χ4n) is 3.56. The molecule has 0 aromatic heterocycles. The topological polar surface area (TPSA) is 79.0 Å². The maximum absolute atomic E-state index is 12.4. The van der Waals surface area contributed by atoms with E-state index in [1.165, 1.54) is 0 Å². The molecule has 128 valence electrons. The molecular formula is C16H25N3O4. The van der Waals surface area contributed by atoms with Gasteiger partial charge in [0.15, 0.2) is 0 Å². The van der Waals surface area contributed by atoms with E-state index in [9.17, 15) is 14.4 Å². The summed E-state index contributed by atoms with van der Waals surface area (Å²) in [5.41, 5.74) is -0.415. The van der Waals surface area contributed by atoms with Crippen LogP contribution in [0.5, 0.6) is 0 Å². The molecule has 0 saturated carbocycles. The van der Waals surface area contributed by atoms with Crippen molar-refractivity contribution in [2.45, 2.75) is 44.1 Å². The number of hydrogen-bond acceptors (Lipinski definition) is 4. The highest BCUT2D eigenvalue weighted by Crippen LogP contribution is 2.27. The average molecular weight is 323 g/mol. The number of amides is 3. The van der Waals surface area contributed by atoms with Crippen molar-refractivity contribution in [2.75, 3.05) is 39.3 Å². The minimum absolute atomic E-state index is 0.0689. The van der Waals surface area contributed by atoms with Gasteiger partial charge in [-0.15, -0.1) is 0 Å². The number of carbonyl (C=O) groups is 3. The van der Waals surface area contributed by atoms with Crippen molar-refractivity contribution in [3.8, 4) is 0 Å². The van der Waals surface area contributed by atoms with Gasteiger partial charge in [0.25, 0.3) is 0 Å². The Balaban J connectivity index is 1.47. The highest BCUT2D eigenvalue weighted by molar-refractivity contribution is 5.80. The van der Waals surface area contributed by atoms with Crippen LogP contribution < -0.4 is 5.32 Å². The van der Waals surface area contributed by atoms with Gasteiger partial charge in [0, 0.05) is 39.0 Å². The third-order valence-electron chi connectivity index (χ3n) is 5.05. The van der Waals surface area contributed by atoms with E-state index in [1.807, 2.05) is 4.90 Å². The molecule has 3 heterocycles. The molecule has 3 amide bonds. The standard InChI is InChI=1S/C16H25N3O4/c20-13-10-23-16(11-17-13)6-9-19(12-16)15(22)5-8-18-7-3-1-2-4-14(18)21/h1-12H2,(H,17,20). The molecule has 1 spiro atoms. The Morgan fingerprint density at radius 1 is 1.22 bits per heavy atom. The minimum Gasteiger partial charge on any atom is -0.361 e. The zero-order chi connectivity index (χ0) is 16.3. The number of nitrogens with one attached hydrogen (secondary N) is 1. The first-order chi connectivity index (χ1) is 11.1. The van der Waals surface area contributed by atoms with Gasteiger partial charge in [0.05, 0.1) is 6.54 Å². The van der Waals surface area contributed by atoms with E-state index in [-0.39, 0.29) is 24.3 Å². The lowest BCUT2D eigenvalue weighted by molar-refractivity contribution is -0.143. The van der Waals surface area contributed by atoms with Crippen LogP contribution in [0.4, 0.5) is 0 Å². The first kappa shape index (κ1) is 16.2. The highest BCUT2D eigenvalue weighted by Gasteiger charge is 2.43. The Morgan fingerprint density at radius 2 is 2.09 bits per heavy atom. The van der Waals surface area contributed by atoms with E-state index in [0.29, 0.717) is 39.0 Å². The minimum atomic E-state index is -0.415. The second-order valence-corrected chi connectivity index (χ2v) is 6.76. The third kappa shape index (κ3) is 3.83. The van der Waals surface area contributed by atoms with Crippen LogP contribution in [0.2, 0.25) is 0 Å². The molecule has 23 heavy (non-hydrogen) atoms. The summed E-state index contributed by atoms with van der Waals surface area (Å²) >= 11 is 0. The predicted molar refractivity (Wildman–Crippen MR) is 82.6 cm³/mol. The summed E-state index contributed by atoms with van der Waals surface area (Å²) in [6.45, 7) is 3.01. The van der Waals surface area contributed by atoms with Gasteiger partial charge in [0.1, 0.15) is 12.2 Å². The van der Waals surface area contributed by atoms with Crippen molar-refractivity contribution in [3.05, 3.63) is 0 Å². The zero-order valence-corrected chi connectivity index (χ0v) is 13.5. The monoisotopic (exact) mass is 323 g/mol. The van der Waals surface area contributed by atoms with Crippen LogP contribution in [-0.2, 0) is 19.1 Å². The van der Waals surface area contributed by atoms with Crippen LogP contribution in [0, 0.1) is 0 Å². The number of morpholine rings is 1. The van der Waals surface area contributed by atoms with Gasteiger partial charge in [0.2, 0.25) is 17.7 Å². The largest absolute Gasteiger partial charge is 0.361 e. The quantitative estimate of drug-likeness (QED) is 0.786. The Kier molecular flexibility index (Phi) is 4.84. The van der Waals surface area contributed by atoms with Gasteiger partial charge in [-0.1, -0.05) is 6.42 Å². The summed E-state index contributed by atoms with van der Waals surface area (Å²) in [6.07, 6.45) is 4.81. The molecule has 0 aromatic rings. The molecule has 0 bridgehead atoms. The summed E-state index contributed by atoms with van der Waals surface area (Å²) in [5, 5.41) is 2.82. The summed E-state index contributed by atoms with van der Waals surface area (Å²) in [6, 6.07) is 0. The van der Waals surface area contributed by atoms with E-state index in [4.69, 9.17) is 4.74 Å². The van der Waals surface area contributed by atoms with E-state index in [2.05, 4.69) is 5.32 Å². The molecule has 3 aliphatic heterocycles. The Bertz CT molecular complexity index is 484. The molecular weight excluding hydrogens is 298 g/mol. The lowest BCUT2D eigenvalue weighted by Gasteiger charge is -2.33. The van der Waals surface area contributed by atoms with E-state index in [1.54, 1.807) is 4.90 Å². The number of carbonyl (C=O) groups excluding carboxylic acids is 3. The number of nitrogens with zero attached hydrogens (tertiary/aromatic N) is 2. The highest BCUT2D eigenvalue weighted by atomic mass is 16.5. The van der Waals surface area contributed by atoms with Crippen molar-refractivity contribution in [1.29, 1.82) is 0 Å². The molecule has 0 radical (unpaired) electrons. The van der Waals surface area contributed by atoms with Crippen LogP contribution in [0.3, 0.4) is 0 Å². The number of ether oxygens (including phenoxy) is 1. The van der Waals surface area contributed by atoms with E-state index >= 15 is 0 Å². The van der Waals surface area contributed by atoms with Crippen LogP contribution in [0.15, 0.2) is 0 Å². The molecule has 3 rings (SSSR count). The van der Waals surface area contributed by atoms with Crippen molar-refractivity contribution >= 4 is 17.7 Å². The van der Waals surface area contributed by atoms with Gasteiger partial charge >= 0.3 is 0 Å². The summed E-state index contributed by atoms with van der Waals surface area (Å²) in [4.78, 5) is 39.2. The first-order valence-corrected chi connectivity index (χ1v) is 8.54. The number of hydrogen-bond donors (Lipinski definition) is 1. The van der Waals surface area contributed by atoms with Crippen molar-refractivity contribution < 1.29 is 19.1 Å². The van der Waals surface area contributed by atoms with E-state index in [0.717, 1.165) is 32.2 Å². The average Bonchev–Trinajstić information content (AvgIpc) is 2.85. The van der Waals surface area contributed by atoms with Crippen molar-refractivity contribution in [3.63, 3.8) is 0 Å². The van der Waals surface area contributed by atoms with Gasteiger partial charge in [-0.2, -0.15) is 0 Å². The van der Waals surface area contributed by atoms with Crippen molar-refractivity contribution in [2.24, 2.45) is 0 Å². The van der Waals surface area contributed by atoms with Gasteiger partial charge in [-0.25, -0.2) is 0 Å². The molecule has 7 nitrogen and oxygen atoms in total. The lowest BCUT2D eigenvalue weighted by atomic mass is 10.0. The van der Waals surface area contributed by atoms with Crippen LogP contribution in [0.1, 0.15) is 38.5 Å². The number of rotatable bonds is 3. The fourth-order valence-corrected chi connectivity index (χ4v) is 3.56. The molecule has 3 saturated heterocycles. The molecule has 7 heteroatoms.